The first-order chi connectivity index (χ1) is 10.1. The molecule has 1 atom stereocenters. The highest BCUT2D eigenvalue weighted by atomic mass is 32.2. The highest BCUT2D eigenvalue weighted by Crippen LogP contribution is 2.19. The van der Waals surface area contributed by atoms with Gasteiger partial charge in [0.05, 0.1) is 11.0 Å². The monoisotopic (exact) mass is 299 g/mol. The van der Waals surface area contributed by atoms with Crippen molar-refractivity contribution in [2.24, 2.45) is 0 Å². The minimum Gasteiger partial charge on any atom is -0.294 e. The second-order valence-corrected chi connectivity index (χ2v) is 6.60. The van der Waals surface area contributed by atoms with Crippen molar-refractivity contribution in [1.29, 1.82) is 5.26 Å². The van der Waals surface area contributed by atoms with E-state index in [2.05, 4.69) is 0 Å². The van der Waals surface area contributed by atoms with Crippen molar-refractivity contribution < 1.29 is 13.2 Å². The lowest BCUT2D eigenvalue weighted by Crippen LogP contribution is -2.23. The van der Waals surface area contributed by atoms with E-state index in [-0.39, 0.29) is 17.1 Å². The SMILES string of the molecule is N#CC(CC(=O)c1ccccc1)S(=O)(=O)c1ccccc1. The van der Waals surface area contributed by atoms with E-state index in [1.165, 1.54) is 12.1 Å². The molecule has 0 N–H and O–H groups in total. The highest BCUT2D eigenvalue weighted by Gasteiger charge is 2.29. The van der Waals surface area contributed by atoms with E-state index in [9.17, 15) is 13.2 Å². The van der Waals surface area contributed by atoms with Crippen LogP contribution in [-0.4, -0.2) is 19.5 Å². The molecule has 0 bridgehead atoms. The summed E-state index contributed by atoms with van der Waals surface area (Å²) in [6, 6.07) is 17.8. The fraction of sp³-hybridized carbons (Fsp3) is 0.125. The van der Waals surface area contributed by atoms with Gasteiger partial charge in [0, 0.05) is 12.0 Å². The average molecular weight is 299 g/mol. The zero-order valence-corrected chi connectivity index (χ0v) is 12.0. The molecule has 2 aromatic rings. The summed E-state index contributed by atoms with van der Waals surface area (Å²) >= 11 is 0. The molecule has 1 unspecified atom stereocenters. The molecule has 4 nitrogen and oxygen atoms in total. The van der Waals surface area contributed by atoms with Gasteiger partial charge in [-0.05, 0) is 12.1 Å². The fourth-order valence-corrected chi connectivity index (χ4v) is 3.28. The number of rotatable bonds is 5. The van der Waals surface area contributed by atoms with Crippen LogP contribution in [0.3, 0.4) is 0 Å². The lowest BCUT2D eigenvalue weighted by atomic mass is 10.1. The van der Waals surface area contributed by atoms with E-state index in [1.54, 1.807) is 54.6 Å². The normalized spacial score (nSPS) is 12.3. The number of nitrogens with zero attached hydrogens (tertiary/aromatic N) is 1. The van der Waals surface area contributed by atoms with E-state index in [4.69, 9.17) is 5.26 Å². The van der Waals surface area contributed by atoms with Crippen LogP contribution in [0.4, 0.5) is 0 Å². The topological polar surface area (TPSA) is 75.0 Å². The molecule has 0 amide bonds. The Morgan fingerprint density at radius 1 is 1.00 bits per heavy atom. The van der Waals surface area contributed by atoms with Crippen LogP contribution in [0.25, 0.3) is 0 Å². The zero-order valence-electron chi connectivity index (χ0n) is 11.1. The van der Waals surface area contributed by atoms with Gasteiger partial charge < -0.3 is 0 Å². The number of hydrogen-bond acceptors (Lipinski definition) is 4. The van der Waals surface area contributed by atoms with Crippen LogP contribution < -0.4 is 0 Å². The summed E-state index contributed by atoms with van der Waals surface area (Å²) in [5.74, 6) is -0.360. The lowest BCUT2D eigenvalue weighted by Gasteiger charge is -2.10. The quantitative estimate of drug-likeness (QED) is 0.795. The van der Waals surface area contributed by atoms with Crippen LogP contribution in [-0.2, 0) is 9.84 Å². The van der Waals surface area contributed by atoms with Crippen molar-refractivity contribution in [3.63, 3.8) is 0 Å². The van der Waals surface area contributed by atoms with E-state index in [0.717, 1.165) is 0 Å². The molecule has 0 saturated heterocycles. The van der Waals surface area contributed by atoms with Crippen LogP contribution in [0.5, 0.6) is 0 Å². The third-order valence-corrected chi connectivity index (χ3v) is 5.01. The number of carbonyl (C=O) groups is 1. The third kappa shape index (κ3) is 3.36. The number of carbonyl (C=O) groups excluding carboxylic acids is 1. The van der Waals surface area contributed by atoms with Crippen molar-refractivity contribution >= 4 is 15.6 Å². The van der Waals surface area contributed by atoms with Gasteiger partial charge in [0.2, 0.25) is 0 Å². The van der Waals surface area contributed by atoms with Crippen LogP contribution in [0.15, 0.2) is 65.6 Å². The van der Waals surface area contributed by atoms with Crippen molar-refractivity contribution in [1.82, 2.24) is 0 Å². The van der Waals surface area contributed by atoms with Gasteiger partial charge in [-0.1, -0.05) is 48.5 Å². The van der Waals surface area contributed by atoms with Crippen LogP contribution in [0.2, 0.25) is 0 Å². The molecule has 0 aliphatic heterocycles. The number of ketones is 1. The Hall–Kier alpha value is -2.45. The first kappa shape index (κ1) is 14.9. The van der Waals surface area contributed by atoms with E-state index in [0.29, 0.717) is 5.56 Å². The number of benzene rings is 2. The maximum Gasteiger partial charge on any atom is 0.195 e. The van der Waals surface area contributed by atoms with Crippen molar-refractivity contribution in [2.75, 3.05) is 0 Å². The first-order valence-corrected chi connectivity index (χ1v) is 7.87. The van der Waals surface area contributed by atoms with Crippen LogP contribution in [0, 0.1) is 11.3 Å². The Bertz CT molecular complexity index is 762. The fourth-order valence-electron chi connectivity index (χ4n) is 1.91. The summed E-state index contributed by atoms with van der Waals surface area (Å²) < 4.78 is 24.7. The molecule has 0 saturated carbocycles. The lowest BCUT2D eigenvalue weighted by molar-refractivity contribution is 0.0984. The molecular formula is C16H13NO3S. The average Bonchev–Trinajstić information content (AvgIpc) is 2.53. The van der Waals surface area contributed by atoms with Gasteiger partial charge in [-0.3, -0.25) is 4.79 Å². The second-order valence-electron chi connectivity index (χ2n) is 4.47. The number of hydrogen-bond donors (Lipinski definition) is 0. The Morgan fingerprint density at radius 3 is 2.05 bits per heavy atom. The van der Waals surface area contributed by atoms with Crippen LogP contribution in [0.1, 0.15) is 16.8 Å². The Labute approximate surface area is 123 Å². The summed E-state index contributed by atoms with van der Waals surface area (Å²) in [4.78, 5) is 12.1. The highest BCUT2D eigenvalue weighted by molar-refractivity contribution is 7.92. The molecule has 0 aliphatic carbocycles. The Kier molecular flexibility index (Phi) is 4.51. The van der Waals surface area contributed by atoms with Gasteiger partial charge in [-0.25, -0.2) is 8.42 Å². The molecule has 21 heavy (non-hydrogen) atoms. The summed E-state index contributed by atoms with van der Waals surface area (Å²) in [7, 11) is -3.84. The number of Topliss-reactive ketones (excluding diaryl/α,β-unsaturated/α-hetero) is 1. The maximum absolute atomic E-state index is 12.4. The summed E-state index contributed by atoms with van der Waals surface area (Å²) in [6.07, 6.45) is -0.349. The van der Waals surface area contributed by atoms with Crippen LogP contribution >= 0.6 is 0 Å². The molecule has 0 spiro atoms. The second kappa shape index (κ2) is 6.33. The summed E-state index contributed by atoms with van der Waals surface area (Å²) in [5, 5.41) is 7.76. The van der Waals surface area contributed by atoms with Gasteiger partial charge in [-0.2, -0.15) is 5.26 Å². The standard InChI is InChI=1S/C16H13NO3S/c17-12-15(11-16(18)13-7-3-1-4-8-13)21(19,20)14-9-5-2-6-10-14/h1-10,15H,11H2. The number of sulfone groups is 1. The molecule has 0 fully saturated rings. The smallest absolute Gasteiger partial charge is 0.195 e. The maximum atomic E-state index is 12.4. The number of nitriles is 1. The minimum absolute atomic E-state index is 0.0532. The Balaban J connectivity index is 2.26. The van der Waals surface area contributed by atoms with Gasteiger partial charge in [0.25, 0.3) is 0 Å². The molecular weight excluding hydrogens is 286 g/mol. The van der Waals surface area contributed by atoms with Gasteiger partial charge in [0.1, 0.15) is 0 Å². The molecule has 0 aliphatic rings. The summed E-state index contributed by atoms with van der Waals surface area (Å²) in [5.41, 5.74) is 0.404. The van der Waals surface area contributed by atoms with Crippen molar-refractivity contribution in [3.8, 4) is 6.07 Å². The van der Waals surface area contributed by atoms with Gasteiger partial charge in [-0.15, -0.1) is 0 Å². The summed E-state index contributed by atoms with van der Waals surface area (Å²) in [6.45, 7) is 0. The van der Waals surface area contributed by atoms with E-state index >= 15 is 0 Å². The Morgan fingerprint density at radius 2 is 1.52 bits per heavy atom. The molecule has 0 radical (unpaired) electrons. The van der Waals surface area contributed by atoms with E-state index < -0.39 is 15.1 Å². The third-order valence-electron chi connectivity index (χ3n) is 3.06. The molecule has 0 heterocycles. The minimum atomic E-state index is -3.84. The molecule has 2 aromatic carbocycles. The first-order valence-electron chi connectivity index (χ1n) is 6.32. The van der Waals surface area contributed by atoms with Gasteiger partial charge >= 0.3 is 0 Å². The largest absolute Gasteiger partial charge is 0.294 e. The molecule has 106 valence electrons. The van der Waals surface area contributed by atoms with Crippen molar-refractivity contribution in [2.45, 2.75) is 16.6 Å². The molecule has 0 aromatic heterocycles. The predicted molar refractivity (Wildman–Crippen MR) is 78.4 cm³/mol. The van der Waals surface area contributed by atoms with Crippen molar-refractivity contribution in [3.05, 3.63) is 66.2 Å². The zero-order chi connectivity index (χ0) is 15.3. The predicted octanol–water partition coefficient (Wildman–Crippen LogP) is 2.63. The molecule has 2 rings (SSSR count). The van der Waals surface area contributed by atoms with Gasteiger partial charge in [0.15, 0.2) is 20.9 Å². The van der Waals surface area contributed by atoms with E-state index in [1.807, 2.05) is 0 Å². The molecule has 5 heteroatoms.